The van der Waals surface area contributed by atoms with E-state index in [1.165, 1.54) is 24.8 Å². The van der Waals surface area contributed by atoms with Crippen LogP contribution in [0, 0.1) is 23.4 Å². The molecule has 0 unspecified atom stereocenters. The minimum atomic E-state index is -1.59. The summed E-state index contributed by atoms with van der Waals surface area (Å²) in [6, 6.07) is 8.41. The van der Waals surface area contributed by atoms with E-state index in [0.29, 0.717) is 18.1 Å². The number of hydrogen-bond acceptors (Lipinski definition) is 2. The number of esters is 1. The molecule has 2 aromatic carbocycles. The molecule has 26 heavy (non-hydrogen) atoms. The minimum Gasteiger partial charge on any atom is -0.423 e. The molecule has 0 amide bonds. The number of carbonyl (C=O) groups excluding carboxylic acids is 1. The van der Waals surface area contributed by atoms with Gasteiger partial charge in [0.05, 0.1) is 5.56 Å². The largest absolute Gasteiger partial charge is 0.423 e. The molecule has 0 heterocycles. The molecule has 0 aliphatic heterocycles. The SMILES string of the molecule is CC[C@H]1CC[C@H](c2ccc(C(=O)Oc3cc(F)c(F)c(F)c3)cc2)CC1. The number of ether oxygens (including phenoxy) is 1. The second-order valence-electron chi connectivity index (χ2n) is 6.84. The molecule has 0 atom stereocenters. The normalized spacial score (nSPS) is 20.0. The zero-order valence-electron chi connectivity index (χ0n) is 14.6. The Labute approximate surface area is 151 Å². The van der Waals surface area contributed by atoms with Crippen LogP contribution in [0.4, 0.5) is 13.2 Å². The standard InChI is InChI=1S/C21H21F3O2/c1-2-13-3-5-14(6-4-13)15-7-9-16(10-8-15)21(25)26-17-11-18(22)20(24)19(23)12-17/h7-14H,2-6H2,1H3/t13-,14-. The van der Waals surface area contributed by atoms with Crippen molar-refractivity contribution in [2.45, 2.75) is 44.9 Å². The fourth-order valence-corrected chi connectivity index (χ4v) is 3.55. The van der Waals surface area contributed by atoms with Gasteiger partial charge in [-0.25, -0.2) is 18.0 Å². The van der Waals surface area contributed by atoms with Crippen molar-refractivity contribution >= 4 is 5.97 Å². The van der Waals surface area contributed by atoms with Gasteiger partial charge >= 0.3 is 5.97 Å². The highest BCUT2D eigenvalue weighted by atomic mass is 19.2. The van der Waals surface area contributed by atoms with Gasteiger partial charge < -0.3 is 4.74 Å². The van der Waals surface area contributed by atoms with E-state index < -0.39 is 23.4 Å². The molecule has 0 aromatic heterocycles. The lowest BCUT2D eigenvalue weighted by Crippen LogP contribution is -2.13. The Balaban J connectivity index is 1.66. The summed E-state index contributed by atoms with van der Waals surface area (Å²) in [6.45, 7) is 2.23. The summed E-state index contributed by atoms with van der Waals surface area (Å²) in [5, 5.41) is 0. The van der Waals surface area contributed by atoms with Crippen LogP contribution in [0.1, 0.15) is 60.9 Å². The van der Waals surface area contributed by atoms with E-state index >= 15 is 0 Å². The van der Waals surface area contributed by atoms with Crippen molar-refractivity contribution in [3.8, 4) is 5.75 Å². The molecule has 0 bridgehead atoms. The lowest BCUT2D eigenvalue weighted by atomic mass is 9.78. The maximum Gasteiger partial charge on any atom is 0.343 e. The second-order valence-corrected chi connectivity index (χ2v) is 6.84. The fourth-order valence-electron chi connectivity index (χ4n) is 3.55. The van der Waals surface area contributed by atoms with Crippen LogP contribution in [-0.2, 0) is 0 Å². The van der Waals surface area contributed by atoms with Gasteiger partial charge in [-0.2, -0.15) is 0 Å². The van der Waals surface area contributed by atoms with Crippen molar-refractivity contribution in [3.63, 3.8) is 0 Å². The lowest BCUT2D eigenvalue weighted by Gasteiger charge is -2.28. The molecule has 1 saturated carbocycles. The number of rotatable bonds is 4. The van der Waals surface area contributed by atoms with Gasteiger partial charge in [-0.3, -0.25) is 0 Å². The highest BCUT2D eigenvalue weighted by molar-refractivity contribution is 5.91. The van der Waals surface area contributed by atoms with Crippen molar-refractivity contribution in [2.75, 3.05) is 0 Å². The molecule has 138 valence electrons. The van der Waals surface area contributed by atoms with E-state index in [9.17, 15) is 18.0 Å². The Morgan fingerprint density at radius 2 is 1.58 bits per heavy atom. The molecule has 0 N–H and O–H groups in total. The Morgan fingerprint density at radius 3 is 2.12 bits per heavy atom. The van der Waals surface area contributed by atoms with Crippen molar-refractivity contribution in [2.24, 2.45) is 5.92 Å². The molecule has 0 radical (unpaired) electrons. The summed E-state index contributed by atoms with van der Waals surface area (Å²) in [5.41, 5.74) is 1.47. The molecular weight excluding hydrogens is 341 g/mol. The van der Waals surface area contributed by atoms with E-state index in [4.69, 9.17) is 4.74 Å². The average Bonchev–Trinajstić information content (AvgIpc) is 2.66. The molecular formula is C21H21F3O2. The van der Waals surface area contributed by atoms with Crippen molar-refractivity contribution in [1.29, 1.82) is 0 Å². The number of halogens is 3. The van der Waals surface area contributed by atoms with Crippen LogP contribution in [0.5, 0.6) is 5.75 Å². The van der Waals surface area contributed by atoms with Crippen LogP contribution >= 0.6 is 0 Å². The lowest BCUT2D eigenvalue weighted by molar-refractivity contribution is 0.0733. The molecule has 2 nitrogen and oxygen atoms in total. The Hall–Kier alpha value is -2.30. The van der Waals surface area contributed by atoms with Crippen LogP contribution in [0.2, 0.25) is 0 Å². The summed E-state index contributed by atoms with van der Waals surface area (Å²) >= 11 is 0. The van der Waals surface area contributed by atoms with Gasteiger partial charge in [0, 0.05) is 12.1 Å². The van der Waals surface area contributed by atoms with E-state index in [1.54, 1.807) is 12.1 Å². The van der Waals surface area contributed by atoms with Gasteiger partial charge in [0.15, 0.2) is 17.5 Å². The molecule has 3 rings (SSSR count). The summed E-state index contributed by atoms with van der Waals surface area (Å²) < 4.78 is 44.3. The first-order chi connectivity index (χ1) is 12.5. The van der Waals surface area contributed by atoms with E-state index in [-0.39, 0.29) is 11.3 Å². The van der Waals surface area contributed by atoms with Crippen LogP contribution in [0.3, 0.4) is 0 Å². The van der Waals surface area contributed by atoms with Crippen LogP contribution in [0.15, 0.2) is 36.4 Å². The van der Waals surface area contributed by atoms with Crippen molar-refractivity contribution < 1.29 is 22.7 Å². The predicted octanol–water partition coefficient (Wildman–Crippen LogP) is 6.01. The third-order valence-electron chi connectivity index (χ3n) is 5.21. The molecule has 1 aliphatic rings. The Morgan fingerprint density at radius 1 is 1.00 bits per heavy atom. The van der Waals surface area contributed by atoms with Gasteiger partial charge in [-0.05, 0) is 55.2 Å². The van der Waals surface area contributed by atoms with Crippen LogP contribution < -0.4 is 4.74 Å². The first-order valence-electron chi connectivity index (χ1n) is 8.94. The average molecular weight is 362 g/mol. The molecule has 1 fully saturated rings. The topological polar surface area (TPSA) is 26.3 Å². The van der Waals surface area contributed by atoms with Gasteiger partial charge in [-0.1, -0.05) is 25.5 Å². The number of hydrogen-bond donors (Lipinski definition) is 0. The van der Waals surface area contributed by atoms with Gasteiger partial charge in [-0.15, -0.1) is 0 Å². The van der Waals surface area contributed by atoms with Crippen LogP contribution in [0.25, 0.3) is 0 Å². The highest BCUT2D eigenvalue weighted by Crippen LogP contribution is 2.37. The van der Waals surface area contributed by atoms with E-state index in [2.05, 4.69) is 6.92 Å². The van der Waals surface area contributed by atoms with Crippen molar-refractivity contribution in [1.82, 2.24) is 0 Å². The maximum absolute atomic E-state index is 13.2. The number of carbonyl (C=O) groups is 1. The Kier molecular flexibility index (Phi) is 5.64. The third-order valence-corrected chi connectivity index (χ3v) is 5.21. The first kappa shape index (κ1) is 18.5. The minimum absolute atomic E-state index is 0.279. The third kappa shape index (κ3) is 4.09. The predicted molar refractivity (Wildman–Crippen MR) is 92.7 cm³/mol. The second kappa shape index (κ2) is 7.94. The monoisotopic (exact) mass is 362 g/mol. The number of benzene rings is 2. The smallest absolute Gasteiger partial charge is 0.343 e. The van der Waals surface area contributed by atoms with Gasteiger partial charge in [0.25, 0.3) is 0 Å². The zero-order valence-corrected chi connectivity index (χ0v) is 14.6. The molecule has 1 aliphatic carbocycles. The summed E-state index contributed by atoms with van der Waals surface area (Å²) in [6.07, 6.45) is 5.98. The fraction of sp³-hybridized carbons (Fsp3) is 0.381. The van der Waals surface area contributed by atoms with Crippen LogP contribution in [-0.4, -0.2) is 5.97 Å². The molecule has 2 aromatic rings. The zero-order chi connectivity index (χ0) is 18.7. The molecule has 0 saturated heterocycles. The first-order valence-corrected chi connectivity index (χ1v) is 8.94. The quantitative estimate of drug-likeness (QED) is 0.378. The van der Waals surface area contributed by atoms with E-state index in [0.717, 1.165) is 18.8 Å². The van der Waals surface area contributed by atoms with Crippen molar-refractivity contribution in [3.05, 3.63) is 65.0 Å². The maximum atomic E-state index is 13.2. The molecule has 5 heteroatoms. The summed E-state index contributed by atoms with van der Waals surface area (Å²) in [4.78, 5) is 12.1. The summed E-state index contributed by atoms with van der Waals surface area (Å²) in [7, 11) is 0. The highest BCUT2D eigenvalue weighted by Gasteiger charge is 2.21. The molecule has 0 spiro atoms. The van der Waals surface area contributed by atoms with Gasteiger partial charge in [0.2, 0.25) is 0 Å². The summed E-state index contributed by atoms with van der Waals surface area (Å²) in [5.74, 6) is -4.17. The van der Waals surface area contributed by atoms with E-state index in [1.807, 2.05) is 12.1 Å². The van der Waals surface area contributed by atoms with Gasteiger partial charge in [0.1, 0.15) is 5.75 Å². The Bertz CT molecular complexity index is 755.